The zero-order valence-electron chi connectivity index (χ0n) is 7.06. The zero-order chi connectivity index (χ0) is 7.49. The minimum atomic E-state index is -1.20. The van der Waals surface area contributed by atoms with Crippen LogP contribution in [0.4, 0.5) is 0 Å². The molecule has 0 rings (SSSR count). The molecule has 0 saturated carbocycles. The van der Waals surface area contributed by atoms with E-state index >= 15 is 0 Å². The highest BCUT2D eigenvalue weighted by molar-refractivity contribution is 6.73. The van der Waals surface area contributed by atoms with E-state index in [9.17, 15) is 0 Å². The third-order valence-electron chi connectivity index (χ3n) is 0.756. The van der Waals surface area contributed by atoms with Crippen LogP contribution in [-0.4, -0.2) is 36.9 Å². The highest BCUT2D eigenvalue weighted by Crippen LogP contribution is 2.00. The number of hydrogen-bond acceptors (Lipinski definition) is 2. The Morgan fingerprint density at radius 3 is 1.78 bits per heavy atom. The van der Waals surface area contributed by atoms with Crippen molar-refractivity contribution in [2.45, 2.75) is 19.6 Å². The van der Waals surface area contributed by atoms with Crippen LogP contribution < -0.4 is 0 Å². The first-order valence-corrected chi connectivity index (χ1v) is 7.82. The van der Waals surface area contributed by atoms with Gasteiger partial charge in [0.05, 0.1) is 0 Å². The van der Waals surface area contributed by atoms with Crippen LogP contribution in [0.5, 0.6) is 0 Å². The first-order valence-electron chi connectivity index (χ1n) is 3.20. The smallest absolute Gasteiger partial charge is 0.226 e. The largest absolute Gasteiger partial charge is 0.449 e. The minimum Gasteiger partial charge on any atom is -0.449 e. The molecule has 0 atom stereocenters. The van der Waals surface area contributed by atoms with Crippen LogP contribution >= 0.6 is 0 Å². The summed E-state index contributed by atoms with van der Waals surface area (Å²) in [5, 5.41) is 0. The number of rotatable bonds is 3. The molecule has 4 heteroatoms. The molecule has 0 aromatic rings. The number of nitrogens with zero attached hydrogens (tertiary/aromatic N) is 1. The Morgan fingerprint density at radius 2 is 1.67 bits per heavy atom. The Kier molecular flexibility index (Phi) is 3.64. The van der Waals surface area contributed by atoms with E-state index in [1.54, 1.807) is 0 Å². The molecule has 9 heavy (non-hydrogen) atoms. The van der Waals surface area contributed by atoms with Crippen molar-refractivity contribution in [3.63, 3.8) is 0 Å². The highest BCUT2D eigenvalue weighted by Gasteiger charge is 2.13. The van der Waals surface area contributed by atoms with Gasteiger partial charge >= 0.3 is 0 Å². The fourth-order valence-corrected chi connectivity index (χ4v) is 2.90. The molecule has 56 valence electrons. The monoisotopic (exact) mass is 163 g/mol. The van der Waals surface area contributed by atoms with Gasteiger partial charge in [0.15, 0.2) is 8.32 Å². The summed E-state index contributed by atoms with van der Waals surface area (Å²) in [5.74, 6) is 0. The van der Waals surface area contributed by atoms with Crippen LogP contribution in [0.1, 0.15) is 0 Å². The summed E-state index contributed by atoms with van der Waals surface area (Å²) in [6, 6.07) is 0. The molecule has 2 nitrogen and oxygen atoms in total. The van der Waals surface area contributed by atoms with Crippen molar-refractivity contribution >= 4 is 18.2 Å². The summed E-state index contributed by atoms with van der Waals surface area (Å²) in [7, 11) is 2.59. The summed E-state index contributed by atoms with van der Waals surface area (Å²) < 4.78 is 7.87. The Balaban J connectivity index is 3.28. The first kappa shape index (κ1) is 9.35. The third-order valence-corrected chi connectivity index (χ3v) is 5.25. The van der Waals surface area contributed by atoms with Gasteiger partial charge in [-0.15, -0.1) is 0 Å². The van der Waals surface area contributed by atoms with E-state index in [0.29, 0.717) is 0 Å². The van der Waals surface area contributed by atoms with Crippen LogP contribution in [0, 0.1) is 0 Å². The summed E-state index contributed by atoms with van der Waals surface area (Å²) >= 11 is 0. The Morgan fingerprint density at radius 1 is 1.22 bits per heavy atom. The zero-order valence-corrected chi connectivity index (χ0v) is 9.48. The lowest BCUT2D eigenvalue weighted by Gasteiger charge is -2.20. The van der Waals surface area contributed by atoms with Crippen molar-refractivity contribution in [1.29, 1.82) is 0 Å². The van der Waals surface area contributed by atoms with E-state index in [0.717, 1.165) is 0 Å². The first-order chi connectivity index (χ1) is 3.92. The van der Waals surface area contributed by atoms with Crippen molar-refractivity contribution in [1.82, 2.24) is 4.57 Å². The molecular formula is C5H17NOSi2. The molecule has 0 aromatic carbocycles. The lowest BCUT2D eigenvalue weighted by atomic mass is 11.3. The second-order valence-corrected chi connectivity index (χ2v) is 10.4. The molecule has 0 spiro atoms. The quantitative estimate of drug-likeness (QED) is 0.559. The average molecular weight is 163 g/mol. The van der Waals surface area contributed by atoms with Crippen molar-refractivity contribution in [2.75, 3.05) is 14.1 Å². The van der Waals surface area contributed by atoms with Crippen molar-refractivity contribution in [3.8, 4) is 0 Å². The molecule has 0 radical (unpaired) electrons. The van der Waals surface area contributed by atoms with Gasteiger partial charge in [0.1, 0.15) is 0 Å². The van der Waals surface area contributed by atoms with E-state index in [1.807, 2.05) is 0 Å². The summed E-state index contributed by atoms with van der Waals surface area (Å²) in [6.07, 6.45) is 0. The molecule has 0 aliphatic carbocycles. The van der Waals surface area contributed by atoms with Gasteiger partial charge in [-0.25, -0.2) is 0 Å². The van der Waals surface area contributed by atoms with Crippen LogP contribution in [0.3, 0.4) is 0 Å². The molecule has 0 N–H and O–H groups in total. The predicted octanol–water partition coefficient (Wildman–Crippen LogP) is 0.398. The molecule has 0 amide bonds. The van der Waals surface area contributed by atoms with Gasteiger partial charge in [-0.3, -0.25) is 0 Å². The second kappa shape index (κ2) is 3.50. The molecule has 0 aromatic heterocycles. The van der Waals surface area contributed by atoms with Gasteiger partial charge in [0.25, 0.3) is 0 Å². The summed E-state index contributed by atoms with van der Waals surface area (Å²) in [5.41, 5.74) is 0. The lowest BCUT2D eigenvalue weighted by molar-refractivity contribution is 0.500. The fraction of sp³-hybridized carbons (Fsp3) is 1.00. The lowest BCUT2D eigenvalue weighted by Crippen LogP contribution is -2.33. The Bertz CT molecular complexity index is 79.5. The fourth-order valence-electron chi connectivity index (χ4n) is 0.323. The van der Waals surface area contributed by atoms with Crippen molar-refractivity contribution < 1.29 is 4.12 Å². The van der Waals surface area contributed by atoms with Crippen LogP contribution in [-0.2, 0) is 4.12 Å². The Labute approximate surface area is 61.4 Å². The van der Waals surface area contributed by atoms with Crippen LogP contribution in [0.25, 0.3) is 0 Å². The molecule has 0 aliphatic rings. The van der Waals surface area contributed by atoms with E-state index in [2.05, 4.69) is 38.3 Å². The normalized spacial score (nSPS) is 14.0. The average Bonchev–Trinajstić information content (AvgIpc) is 1.59. The maximum Gasteiger partial charge on any atom is 0.226 e. The summed E-state index contributed by atoms with van der Waals surface area (Å²) in [6.45, 7) is 6.68. The SMILES string of the molecule is CN(C)[SiH2]O[Si](C)(C)C. The van der Waals surface area contributed by atoms with Gasteiger partial charge in [-0.1, -0.05) is 0 Å². The van der Waals surface area contributed by atoms with E-state index in [-0.39, 0.29) is 9.92 Å². The van der Waals surface area contributed by atoms with Crippen molar-refractivity contribution in [2.24, 2.45) is 0 Å². The van der Waals surface area contributed by atoms with Gasteiger partial charge < -0.3 is 8.68 Å². The molecular weight excluding hydrogens is 146 g/mol. The maximum atomic E-state index is 5.69. The third kappa shape index (κ3) is 8.35. The Hall–Kier alpha value is 0.354. The van der Waals surface area contributed by atoms with E-state index in [1.165, 1.54) is 0 Å². The molecule has 0 unspecified atom stereocenters. The van der Waals surface area contributed by atoms with Crippen LogP contribution in [0.2, 0.25) is 19.6 Å². The maximum absolute atomic E-state index is 5.69. The molecule has 0 fully saturated rings. The molecule has 0 heterocycles. The molecule has 0 bridgehead atoms. The van der Waals surface area contributed by atoms with E-state index < -0.39 is 8.32 Å². The van der Waals surface area contributed by atoms with E-state index in [4.69, 9.17) is 4.12 Å². The number of hydrogen-bond donors (Lipinski definition) is 0. The predicted molar refractivity (Wildman–Crippen MR) is 46.7 cm³/mol. The molecule has 0 saturated heterocycles. The minimum absolute atomic E-state index is 0.363. The topological polar surface area (TPSA) is 12.5 Å². The van der Waals surface area contributed by atoms with Crippen LogP contribution in [0.15, 0.2) is 0 Å². The van der Waals surface area contributed by atoms with Gasteiger partial charge in [-0.05, 0) is 33.7 Å². The summed E-state index contributed by atoms with van der Waals surface area (Å²) in [4.78, 5) is 0. The highest BCUT2D eigenvalue weighted by atomic mass is 28.4. The van der Waals surface area contributed by atoms with Gasteiger partial charge in [-0.2, -0.15) is 0 Å². The second-order valence-electron chi connectivity index (χ2n) is 3.47. The van der Waals surface area contributed by atoms with Gasteiger partial charge in [0, 0.05) is 0 Å². The van der Waals surface area contributed by atoms with Gasteiger partial charge in [0.2, 0.25) is 9.92 Å². The molecule has 0 aliphatic heterocycles. The van der Waals surface area contributed by atoms with Crippen molar-refractivity contribution in [3.05, 3.63) is 0 Å². The standard InChI is InChI=1S/C5H17NOSi2/c1-6(2)8-7-9(3,4)5/h8H2,1-5H3.